The van der Waals surface area contributed by atoms with Crippen molar-refractivity contribution in [1.82, 2.24) is 4.98 Å². The maximum Gasteiger partial charge on any atom is 0.310 e. The Morgan fingerprint density at radius 1 is 1.23 bits per heavy atom. The zero-order valence-electron chi connectivity index (χ0n) is 15.8. The average Bonchev–Trinajstić information content (AvgIpc) is 2.59. The van der Waals surface area contributed by atoms with Crippen LogP contribution in [-0.2, 0) is 28.9 Å². The molecule has 0 aliphatic carbocycles. The van der Waals surface area contributed by atoms with Crippen molar-refractivity contribution < 1.29 is 9.53 Å². The minimum atomic E-state index is -0.209. The van der Waals surface area contributed by atoms with E-state index in [4.69, 9.17) is 4.74 Å². The first kappa shape index (κ1) is 18.9. The lowest BCUT2D eigenvalue weighted by Gasteiger charge is -2.33. The molecule has 26 heavy (non-hydrogen) atoms. The summed E-state index contributed by atoms with van der Waals surface area (Å²) < 4.78 is 6.34. The standard InChI is InChI=1S/C21H25BrN2O2/c1-13(2)26-19(25)11-18-14(3)23-15(4)20(22)21(18)24-10-9-16-7-5-6-8-17(16)12-24/h5-8,13H,9-12H2,1-4H3. The highest BCUT2D eigenvalue weighted by Crippen LogP contribution is 2.37. The van der Waals surface area contributed by atoms with Crippen LogP contribution in [0.15, 0.2) is 28.7 Å². The second-order valence-electron chi connectivity index (χ2n) is 7.08. The van der Waals surface area contributed by atoms with E-state index in [2.05, 4.69) is 50.1 Å². The van der Waals surface area contributed by atoms with E-state index < -0.39 is 0 Å². The first-order chi connectivity index (χ1) is 12.4. The first-order valence-electron chi connectivity index (χ1n) is 9.03. The summed E-state index contributed by atoms with van der Waals surface area (Å²) in [5, 5.41) is 0. The van der Waals surface area contributed by atoms with Crippen LogP contribution < -0.4 is 4.90 Å². The molecule has 1 aromatic carbocycles. The Hall–Kier alpha value is -1.88. The predicted molar refractivity (Wildman–Crippen MR) is 108 cm³/mol. The van der Waals surface area contributed by atoms with E-state index in [9.17, 15) is 4.79 Å². The van der Waals surface area contributed by atoms with Gasteiger partial charge in [-0.15, -0.1) is 0 Å². The van der Waals surface area contributed by atoms with E-state index in [-0.39, 0.29) is 18.5 Å². The number of carbonyl (C=O) groups excluding carboxylic acids is 1. The Balaban J connectivity index is 1.99. The van der Waals surface area contributed by atoms with E-state index in [0.29, 0.717) is 0 Å². The first-order valence-corrected chi connectivity index (χ1v) is 9.83. The number of halogens is 1. The molecule has 0 radical (unpaired) electrons. The Morgan fingerprint density at radius 3 is 2.62 bits per heavy atom. The number of hydrogen-bond acceptors (Lipinski definition) is 4. The molecule has 4 nitrogen and oxygen atoms in total. The van der Waals surface area contributed by atoms with Crippen molar-refractivity contribution in [2.24, 2.45) is 0 Å². The highest BCUT2D eigenvalue weighted by atomic mass is 79.9. The third kappa shape index (κ3) is 3.93. The van der Waals surface area contributed by atoms with Crippen molar-refractivity contribution in [1.29, 1.82) is 0 Å². The third-order valence-corrected chi connectivity index (χ3v) is 5.67. The van der Waals surface area contributed by atoms with Gasteiger partial charge in [-0.1, -0.05) is 24.3 Å². The number of aryl methyl sites for hydroxylation is 2. The number of carbonyl (C=O) groups is 1. The fourth-order valence-electron chi connectivity index (χ4n) is 3.52. The number of rotatable bonds is 4. The molecule has 2 aromatic rings. The molecule has 0 bridgehead atoms. The van der Waals surface area contributed by atoms with Crippen molar-refractivity contribution in [2.75, 3.05) is 11.4 Å². The van der Waals surface area contributed by atoms with Crippen molar-refractivity contribution in [2.45, 2.75) is 53.2 Å². The van der Waals surface area contributed by atoms with E-state index in [1.54, 1.807) is 0 Å². The molecule has 0 saturated heterocycles. The van der Waals surface area contributed by atoms with Crippen LogP contribution in [0.4, 0.5) is 5.69 Å². The summed E-state index contributed by atoms with van der Waals surface area (Å²) >= 11 is 3.73. The second-order valence-corrected chi connectivity index (χ2v) is 7.87. The van der Waals surface area contributed by atoms with Gasteiger partial charge in [-0.25, -0.2) is 0 Å². The minimum absolute atomic E-state index is 0.116. The van der Waals surface area contributed by atoms with E-state index >= 15 is 0 Å². The summed E-state index contributed by atoms with van der Waals surface area (Å²) in [4.78, 5) is 19.3. The molecule has 1 aliphatic heterocycles. The molecule has 138 valence electrons. The highest BCUT2D eigenvalue weighted by molar-refractivity contribution is 9.10. The summed E-state index contributed by atoms with van der Waals surface area (Å²) in [6.07, 6.45) is 1.12. The Morgan fingerprint density at radius 2 is 1.92 bits per heavy atom. The smallest absolute Gasteiger partial charge is 0.310 e. The predicted octanol–water partition coefficient (Wildman–Crippen LogP) is 4.52. The van der Waals surface area contributed by atoms with Crippen LogP contribution in [0.1, 0.15) is 41.9 Å². The largest absolute Gasteiger partial charge is 0.463 e. The van der Waals surface area contributed by atoms with E-state index in [1.807, 2.05) is 27.7 Å². The fourth-order valence-corrected chi connectivity index (χ4v) is 4.10. The van der Waals surface area contributed by atoms with Gasteiger partial charge in [0.05, 0.1) is 28.4 Å². The van der Waals surface area contributed by atoms with E-state index in [0.717, 1.165) is 46.6 Å². The molecule has 0 amide bonds. The van der Waals surface area contributed by atoms with Gasteiger partial charge < -0.3 is 9.64 Å². The summed E-state index contributed by atoms with van der Waals surface area (Å²) in [6, 6.07) is 8.56. The number of nitrogens with zero attached hydrogens (tertiary/aromatic N) is 2. The number of pyridine rings is 1. The molecule has 1 aliphatic rings. The molecular formula is C21H25BrN2O2. The number of benzene rings is 1. The number of esters is 1. The van der Waals surface area contributed by atoms with Gasteiger partial charge in [0.2, 0.25) is 0 Å². The molecule has 1 aromatic heterocycles. The molecule has 0 N–H and O–H groups in total. The quantitative estimate of drug-likeness (QED) is 0.687. The molecule has 5 heteroatoms. The van der Waals surface area contributed by atoms with Crippen molar-refractivity contribution in [3.05, 3.63) is 56.8 Å². The van der Waals surface area contributed by atoms with Gasteiger partial charge in [0.1, 0.15) is 0 Å². The zero-order valence-corrected chi connectivity index (χ0v) is 17.4. The number of hydrogen-bond donors (Lipinski definition) is 0. The zero-order chi connectivity index (χ0) is 18.8. The van der Waals surface area contributed by atoms with E-state index in [1.165, 1.54) is 11.1 Å². The summed E-state index contributed by atoms with van der Waals surface area (Å²) in [5.74, 6) is -0.209. The van der Waals surface area contributed by atoms with Gasteiger partial charge in [-0.2, -0.15) is 0 Å². The average molecular weight is 417 g/mol. The lowest BCUT2D eigenvalue weighted by atomic mass is 9.98. The number of fused-ring (bicyclic) bond motifs is 1. The molecule has 0 spiro atoms. The van der Waals surface area contributed by atoms with Gasteiger partial charge in [-0.05, 0) is 61.2 Å². The molecule has 3 rings (SSSR count). The topological polar surface area (TPSA) is 42.4 Å². The SMILES string of the molecule is Cc1nc(C)c(CC(=O)OC(C)C)c(N2CCc3ccccc3C2)c1Br. The maximum absolute atomic E-state index is 12.3. The van der Waals surface area contributed by atoms with Crippen molar-refractivity contribution >= 4 is 27.6 Å². The van der Waals surface area contributed by atoms with Crippen LogP contribution in [0, 0.1) is 13.8 Å². The molecule has 2 heterocycles. The van der Waals surface area contributed by atoms with Gasteiger partial charge in [0.25, 0.3) is 0 Å². The second kappa shape index (κ2) is 7.78. The van der Waals surface area contributed by atoms with Crippen LogP contribution in [0.3, 0.4) is 0 Å². The monoisotopic (exact) mass is 416 g/mol. The normalized spacial score (nSPS) is 13.7. The van der Waals surface area contributed by atoms with Crippen molar-refractivity contribution in [3.63, 3.8) is 0 Å². The summed E-state index contributed by atoms with van der Waals surface area (Å²) in [6.45, 7) is 9.47. The summed E-state index contributed by atoms with van der Waals surface area (Å²) in [7, 11) is 0. The Kier molecular flexibility index (Phi) is 5.66. The van der Waals surface area contributed by atoms with Gasteiger partial charge in [0.15, 0.2) is 0 Å². The Bertz CT molecular complexity index is 833. The molecule has 0 atom stereocenters. The van der Waals surface area contributed by atoms with Crippen LogP contribution in [0.2, 0.25) is 0 Å². The lowest BCUT2D eigenvalue weighted by molar-refractivity contribution is -0.146. The van der Waals surface area contributed by atoms with Crippen LogP contribution >= 0.6 is 15.9 Å². The third-order valence-electron chi connectivity index (χ3n) is 4.72. The number of aromatic nitrogens is 1. The lowest BCUT2D eigenvalue weighted by Crippen LogP contribution is -2.32. The minimum Gasteiger partial charge on any atom is -0.463 e. The highest BCUT2D eigenvalue weighted by Gasteiger charge is 2.25. The van der Waals surface area contributed by atoms with Crippen molar-refractivity contribution in [3.8, 4) is 0 Å². The molecule has 0 fully saturated rings. The maximum atomic E-state index is 12.3. The molecule has 0 saturated carbocycles. The van der Waals surface area contributed by atoms with Crippen LogP contribution in [-0.4, -0.2) is 23.6 Å². The van der Waals surface area contributed by atoms with Crippen LogP contribution in [0.5, 0.6) is 0 Å². The Labute approximate surface area is 163 Å². The van der Waals surface area contributed by atoms with Crippen LogP contribution in [0.25, 0.3) is 0 Å². The van der Waals surface area contributed by atoms with Gasteiger partial charge >= 0.3 is 5.97 Å². The molecular weight excluding hydrogens is 392 g/mol. The van der Waals surface area contributed by atoms with Gasteiger partial charge in [-0.3, -0.25) is 9.78 Å². The molecule has 0 unspecified atom stereocenters. The number of ether oxygens (including phenoxy) is 1. The summed E-state index contributed by atoms with van der Waals surface area (Å²) in [5.41, 5.74) is 6.60. The number of anilines is 1. The van der Waals surface area contributed by atoms with Gasteiger partial charge in [0, 0.05) is 24.3 Å². The fraction of sp³-hybridized carbons (Fsp3) is 0.429.